The van der Waals surface area contributed by atoms with E-state index in [1.807, 2.05) is 6.92 Å². The molecule has 17 heavy (non-hydrogen) atoms. The highest BCUT2D eigenvalue weighted by molar-refractivity contribution is 6.30. The number of hydrogen-bond donors (Lipinski definition) is 1. The zero-order chi connectivity index (χ0) is 12.4. The van der Waals surface area contributed by atoms with Gasteiger partial charge in [0.15, 0.2) is 0 Å². The Labute approximate surface area is 105 Å². The lowest BCUT2D eigenvalue weighted by molar-refractivity contribution is -0.131. The van der Waals surface area contributed by atoms with E-state index >= 15 is 0 Å². The molecule has 1 saturated heterocycles. The van der Waals surface area contributed by atoms with E-state index in [1.54, 1.807) is 11.7 Å². The van der Waals surface area contributed by atoms with Crippen LogP contribution in [0.3, 0.4) is 0 Å². The minimum Gasteiger partial charge on any atom is -0.390 e. The molecule has 0 amide bonds. The van der Waals surface area contributed by atoms with Crippen LogP contribution in [0.2, 0.25) is 5.15 Å². The topological polar surface area (TPSA) is 56.5 Å². The van der Waals surface area contributed by atoms with Crippen LogP contribution in [0.25, 0.3) is 0 Å². The Kier molecular flexibility index (Phi) is 4.04. The van der Waals surface area contributed by atoms with Gasteiger partial charge in [-0.3, -0.25) is 4.68 Å². The Morgan fingerprint density at radius 2 is 2.35 bits per heavy atom. The van der Waals surface area contributed by atoms with Crippen LogP contribution >= 0.6 is 11.6 Å². The molecule has 1 fully saturated rings. The van der Waals surface area contributed by atoms with E-state index < -0.39 is 6.10 Å². The molecule has 1 aromatic rings. The Balaban J connectivity index is 2.04. The van der Waals surface area contributed by atoms with Gasteiger partial charge >= 0.3 is 0 Å². The lowest BCUT2D eigenvalue weighted by Crippen LogP contribution is -2.39. The van der Waals surface area contributed by atoms with Crippen LogP contribution in [-0.2, 0) is 22.9 Å². The molecular formula is C11H17ClN2O3. The minimum atomic E-state index is -0.615. The lowest BCUT2D eigenvalue weighted by atomic mass is 10.0. The number of rotatable bonds is 3. The first-order chi connectivity index (χ1) is 8.09. The standard InChI is InChI=1S/C11H17ClN2O3/c1-7-8(11(12)14(2)13-7)5-9(15)10-6-16-3-4-17-10/h9-10,15H,3-6H2,1-2H3. The van der Waals surface area contributed by atoms with Crippen molar-refractivity contribution in [2.24, 2.45) is 7.05 Å². The summed E-state index contributed by atoms with van der Waals surface area (Å²) in [4.78, 5) is 0. The van der Waals surface area contributed by atoms with E-state index in [0.29, 0.717) is 31.4 Å². The first-order valence-corrected chi connectivity index (χ1v) is 6.02. The molecule has 0 radical (unpaired) electrons. The smallest absolute Gasteiger partial charge is 0.130 e. The van der Waals surface area contributed by atoms with Gasteiger partial charge in [0, 0.05) is 19.0 Å². The normalized spacial score (nSPS) is 22.7. The van der Waals surface area contributed by atoms with Crippen LogP contribution in [0.4, 0.5) is 0 Å². The Morgan fingerprint density at radius 3 is 2.88 bits per heavy atom. The fourth-order valence-electron chi connectivity index (χ4n) is 1.97. The third-order valence-corrected chi connectivity index (χ3v) is 3.43. The Hall–Kier alpha value is -0.620. The molecule has 1 N–H and O–H groups in total. The summed E-state index contributed by atoms with van der Waals surface area (Å²) in [5.74, 6) is 0. The fourth-order valence-corrected chi connectivity index (χ4v) is 2.23. The maximum atomic E-state index is 10.1. The molecule has 2 atom stereocenters. The van der Waals surface area contributed by atoms with E-state index in [-0.39, 0.29) is 6.10 Å². The maximum Gasteiger partial charge on any atom is 0.130 e. The van der Waals surface area contributed by atoms with Gasteiger partial charge in [0.1, 0.15) is 11.3 Å². The molecule has 6 heteroatoms. The number of aromatic nitrogens is 2. The molecule has 2 rings (SSSR count). The quantitative estimate of drug-likeness (QED) is 0.869. The lowest BCUT2D eigenvalue weighted by Gasteiger charge is -2.27. The van der Waals surface area contributed by atoms with Gasteiger partial charge < -0.3 is 14.6 Å². The molecule has 0 aliphatic carbocycles. The molecular weight excluding hydrogens is 244 g/mol. The molecule has 1 aliphatic heterocycles. The zero-order valence-corrected chi connectivity index (χ0v) is 10.8. The largest absolute Gasteiger partial charge is 0.390 e. The second-order valence-electron chi connectivity index (χ2n) is 4.23. The number of halogens is 1. The van der Waals surface area contributed by atoms with Crippen LogP contribution in [0.1, 0.15) is 11.3 Å². The second-order valence-corrected chi connectivity index (χ2v) is 4.59. The molecule has 1 aliphatic rings. The van der Waals surface area contributed by atoms with Crippen molar-refractivity contribution in [2.45, 2.75) is 25.6 Å². The summed E-state index contributed by atoms with van der Waals surface area (Å²) in [7, 11) is 1.78. The molecule has 96 valence electrons. The van der Waals surface area contributed by atoms with E-state index in [0.717, 1.165) is 11.3 Å². The summed E-state index contributed by atoms with van der Waals surface area (Å²) < 4.78 is 12.3. The van der Waals surface area contributed by atoms with Gasteiger partial charge in [-0.15, -0.1) is 0 Å². The van der Waals surface area contributed by atoms with Crippen molar-refractivity contribution in [1.82, 2.24) is 9.78 Å². The number of aryl methyl sites for hydroxylation is 2. The van der Waals surface area contributed by atoms with Crippen molar-refractivity contribution in [1.29, 1.82) is 0 Å². The Morgan fingerprint density at radius 1 is 1.59 bits per heavy atom. The van der Waals surface area contributed by atoms with Crippen LogP contribution in [0.5, 0.6) is 0 Å². The zero-order valence-electron chi connectivity index (χ0n) is 10.0. The predicted octanol–water partition coefficient (Wildman–Crippen LogP) is 0.701. The molecule has 0 bridgehead atoms. The average molecular weight is 261 g/mol. The summed E-state index contributed by atoms with van der Waals surface area (Å²) >= 11 is 6.11. The summed E-state index contributed by atoms with van der Waals surface area (Å²) in [6.07, 6.45) is -0.456. The number of hydrogen-bond acceptors (Lipinski definition) is 4. The minimum absolute atomic E-state index is 0.278. The van der Waals surface area contributed by atoms with Crippen LogP contribution in [0, 0.1) is 6.92 Å². The fraction of sp³-hybridized carbons (Fsp3) is 0.727. The van der Waals surface area contributed by atoms with Crippen molar-refractivity contribution >= 4 is 11.6 Å². The molecule has 0 spiro atoms. The van der Waals surface area contributed by atoms with Gasteiger partial charge in [-0.25, -0.2) is 0 Å². The van der Waals surface area contributed by atoms with Crippen molar-refractivity contribution in [3.05, 3.63) is 16.4 Å². The van der Waals surface area contributed by atoms with Crippen LogP contribution in [-0.4, -0.2) is 46.9 Å². The molecule has 0 saturated carbocycles. The first kappa shape index (κ1) is 12.8. The van der Waals surface area contributed by atoms with Crippen LogP contribution in [0.15, 0.2) is 0 Å². The predicted molar refractivity (Wildman–Crippen MR) is 63.2 cm³/mol. The van der Waals surface area contributed by atoms with Gasteiger partial charge in [0.25, 0.3) is 0 Å². The van der Waals surface area contributed by atoms with Gasteiger partial charge in [0.2, 0.25) is 0 Å². The van der Waals surface area contributed by atoms with Gasteiger partial charge in [0.05, 0.1) is 31.6 Å². The van der Waals surface area contributed by atoms with Gasteiger partial charge in [-0.2, -0.15) is 5.10 Å². The van der Waals surface area contributed by atoms with Crippen molar-refractivity contribution in [3.8, 4) is 0 Å². The number of aliphatic hydroxyl groups is 1. The van der Waals surface area contributed by atoms with E-state index in [4.69, 9.17) is 21.1 Å². The van der Waals surface area contributed by atoms with E-state index in [9.17, 15) is 5.11 Å². The van der Waals surface area contributed by atoms with Gasteiger partial charge in [-0.1, -0.05) is 11.6 Å². The number of nitrogens with zero attached hydrogens (tertiary/aromatic N) is 2. The average Bonchev–Trinajstić information content (AvgIpc) is 2.57. The maximum absolute atomic E-state index is 10.1. The molecule has 2 unspecified atom stereocenters. The highest BCUT2D eigenvalue weighted by atomic mass is 35.5. The van der Waals surface area contributed by atoms with Crippen LogP contribution < -0.4 is 0 Å². The SMILES string of the molecule is Cc1nn(C)c(Cl)c1CC(O)C1COCCO1. The number of aliphatic hydroxyl groups excluding tert-OH is 1. The van der Waals surface area contributed by atoms with E-state index in [1.165, 1.54) is 0 Å². The third kappa shape index (κ3) is 2.80. The third-order valence-electron chi connectivity index (χ3n) is 2.95. The van der Waals surface area contributed by atoms with Gasteiger partial charge in [-0.05, 0) is 6.92 Å². The highest BCUT2D eigenvalue weighted by Crippen LogP contribution is 2.22. The molecule has 5 nitrogen and oxygen atoms in total. The summed E-state index contributed by atoms with van der Waals surface area (Å²) in [6.45, 7) is 3.43. The molecule has 2 heterocycles. The van der Waals surface area contributed by atoms with E-state index in [2.05, 4.69) is 5.10 Å². The summed E-state index contributed by atoms with van der Waals surface area (Å²) in [6, 6.07) is 0. The first-order valence-electron chi connectivity index (χ1n) is 5.65. The van der Waals surface area contributed by atoms with Crippen molar-refractivity contribution < 1.29 is 14.6 Å². The monoisotopic (exact) mass is 260 g/mol. The van der Waals surface area contributed by atoms with Crippen molar-refractivity contribution in [2.75, 3.05) is 19.8 Å². The summed E-state index contributed by atoms with van der Waals surface area (Å²) in [5.41, 5.74) is 1.71. The highest BCUT2D eigenvalue weighted by Gasteiger charge is 2.25. The van der Waals surface area contributed by atoms with Crippen molar-refractivity contribution in [3.63, 3.8) is 0 Å². The number of ether oxygens (including phenoxy) is 2. The molecule has 0 aromatic carbocycles. The Bertz CT molecular complexity index is 388. The summed E-state index contributed by atoms with van der Waals surface area (Å²) in [5, 5.41) is 14.9. The molecule has 1 aromatic heterocycles. The second kappa shape index (κ2) is 5.35.